The van der Waals surface area contributed by atoms with Gasteiger partial charge in [0.25, 0.3) is 5.91 Å². The van der Waals surface area contributed by atoms with E-state index in [1.807, 2.05) is 46.8 Å². The van der Waals surface area contributed by atoms with Gasteiger partial charge < -0.3 is 24.2 Å². The van der Waals surface area contributed by atoms with Gasteiger partial charge in [-0.3, -0.25) is 14.7 Å². The van der Waals surface area contributed by atoms with Crippen molar-refractivity contribution >= 4 is 44.1 Å². The van der Waals surface area contributed by atoms with Crippen LogP contribution in [0, 0.1) is 0 Å². The van der Waals surface area contributed by atoms with Crippen molar-refractivity contribution in [2.45, 2.75) is 13.3 Å². The van der Waals surface area contributed by atoms with Gasteiger partial charge in [0.1, 0.15) is 6.61 Å². The molecule has 0 bridgehead atoms. The SMILES string of the molecule is CCN1CCN(CCOc2cc3c(N4CCN(C(=O)c5ccc6ncsc6c5)CC4)nnc(Cc4ccncc4)c3cc2OC)CC1. The molecule has 0 radical (unpaired) electrons. The Labute approximate surface area is 278 Å². The van der Waals surface area contributed by atoms with Gasteiger partial charge in [0.2, 0.25) is 0 Å². The number of likely N-dealkylation sites (N-methyl/N-ethyl adjacent to an activating group) is 1. The van der Waals surface area contributed by atoms with Gasteiger partial charge in [-0.05, 0) is 54.6 Å². The lowest BCUT2D eigenvalue weighted by atomic mass is 10.0. The Morgan fingerprint density at radius 2 is 1.64 bits per heavy atom. The molecule has 0 unspecified atom stereocenters. The standard InChI is InChI=1S/C35H40N8O3S/c1-3-40-10-12-41(13-11-40)18-19-46-32-23-28-27(22-31(32)45-2)30(20-25-6-8-36-9-7-25)38-39-34(28)42-14-16-43(17-15-42)35(44)26-4-5-29-33(21-26)47-24-37-29/h4-9,21-24H,3,10-20H2,1-2H3. The third-order valence-corrected chi connectivity index (χ3v) is 10.1. The van der Waals surface area contributed by atoms with Crippen molar-refractivity contribution < 1.29 is 14.3 Å². The monoisotopic (exact) mass is 652 g/mol. The summed E-state index contributed by atoms with van der Waals surface area (Å²) >= 11 is 1.55. The first-order chi connectivity index (χ1) is 23.1. The smallest absolute Gasteiger partial charge is 0.254 e. The largest absolute Gasteiger partial charge is 0.493 e. The topological polar surface area (TPSA) is 100 Å². The Hall–Kier alpha value is -4.39. The van der Waals surface area contributed by atoms with E-state index < -0.39 is 0 Å². The second-order valence-electron chi connectivity index (χ2n) is 12.0. The number of fused-ring (bicyclic) bond motifs is 2. The van der Waals surface area contributed by atoms with Crippen molar-refractivity contribution in [3.63, 3.8) is 0 Å². The van der Waals surface area contributed by atoms with Crippen LogP contribution in [0.25, 0.3) is 21.0 Å². The number of piperazine rings is 2. The molecule has 12 heteroatoms. The Bertz CT molecular complexity index is 1840. The van der Waals surface area contributed by atoms with E-state index in [-0.39, 0.29) is 5.91 Å². The molecular weight excluding hydrogens is 613 g/mol. The molecule has 7 rings (SSSR count). The molecule has 0 aliphatic carbocycles. The zero-order valence-corrected chi connectivity index (χ0v) is 27.8. The third-order valence-electron chi connectivity index (χ3n) is 9.26. The molecule has 5 heterocycles. The quantitative estimate of drug-likeness (QED) is 0.218. The lowest BCUT2D eigenvalue weighted by Gasteiger charge is -2.36. The summed E-state index contributed by atoms with van der Waals surface area (Å²) in [6.07, 6.45) is 4.21. The molecule has 0 atom stereocenters. The number of methoxy groups -OCH3 is 1. The Morgan fingerprint density at radius 1 is 0.872 bits per heavy atom. The van der Waals surface area contributed by atoms with Gasteiger partial charge in [-0.2, -0.15) is 5.10 Å². The third kappa shape index (κ3) is 6.85. The number of thiazole rings is 1. The fraction of sp³-hybridized carbons (Fsp3) is 0.400. The number of carbonyl (C=O) groups excluding carboxylic acids is 1. The highest BCUT2D eigenvalue weighted by Gasteiger charge is 2.26. The minimum atomic E-state index is 0.0418. The summed E-state index contributed by atoms with van der Waals surface area (Å²) < 4.78 is 13.3. The van der Waals surface area contributed by atoms with Crippen molar-refractivity contribution in [2.75, 3.05) is 84.1 Å². The van der Waals surface area contributed by atoms with Crippen LogP contribution in [0.5, 0.6) is 11.5 Å². The number of benzene rings is 2. The van der Waals surface area contributed by atoms with Crippen LogP contribution in [-0.4, -0.2) is 120 Å². The number of anilines is 1. The second-order valence-corrected chi connectivity index (χ2v) is 12.9. The molecule has 2 fully saturated rings. The maximum atomic E-state index is 13.4. The van der Waals surface area contributed by atoms with Gasteiger partial charge in [-0.15, -0.1) is 16.4 Å². The molecule has 2 aliphatic rings. The van der Waals surface area contributed by atoms with Gasteiger partial charge in [-0.1, -0.05) is 6.92 Å². The predicted octanol–water partition coefficient (Wildman–Crippen LogP) is 4.21. The summed E-state index contributed by atoms with van der Waals surface area (Å²) in [6, 6.07) is 13.8. The van der Waals surface area contributed by atoms with Gasteiger partial charge in [0.15, 0.2) is 17.3 Å². The molecule has 5 aromatic rings. The number of aromatic nitrogens is 4. The minimum absolute atomic E-state index is 0.0418. The number of nitrogens with zero attached hydrogens (tertiary/aromatic N) is 8. The highest BCUT2D eigenvalue weighted by atomic mass is 32.1. The normalized spacial score (nSPS) is 16.2. The van der Waals surface area contributed by atoms with E-state index in [2.05, 4.69) is 37.7 Å². The molecule has 2 aliphatic heterocycles. The van der Waals surface area contributed by atoms with E-state index in [4.69, 9.17) is 19.7 Å². The highest BCUT2D eigenvalue weighted by molar-refractivity contribution is 7.16. The van der Waals surface area contributed by atoms with Crippen molar-refractivity contribution in [2.24, 2.45) is 0 Å². The number of hydrogen-bond acceptors (Lipinski definition) is 11. The predicted molar refractivity (Wildman–Crippen MR) is 185 cm³/mol. The second kappa shape index (κ2) is 14.2. The average molecular weight is 653 g/mol. The summed E-state index contributed by atoms with van der Waals surface area (Å²) in [5.41, 5.74) is 5.40. The minimum Gasteiger partial charge on any atom is -0.493 e. The number of amides is 1. The highest BCUT2D eigenvalue weighted by Crippen LogP contribution is 2.38. The number of pyridine rings is 1. The van der Waals surface area contributed by atoms with Gasteiger partial charge in [0, 0.05) is 94.1 Å². The first-order valence-electron chi connectivity index (χ1n) is 16.3. The van der Waals surface area contributed by atoms with Crippen LogP contribution in [0.2, 0.25) is 0 Å². The van der Waals surface area contributed by atoms with Crippen molar-refractivity contribution in [3.8, 4) is 11.5 Å². The maximum absolute atomic E-state index is 13.4. The van der Waals surface area contributed by atoms with Gasteiger partial charge in [0.05, 0.1) is 28.5 Å². The Kier molecular flexibility index (Phi) is 9.41. The van der Waals surface area contributed by atoms with E-state index in [9.17, 15) is 4.79 Å². The van der Waals surface area contributed by atoms with Gasteiger partial charge in [-0.25, -0.2) is 4.98 Å². The number of ether oxygens (including phenoxy) is 2. The lowest BCUT2D eigenvalue weighted by molar-refractivity contribution is 0.0746. The summed E-state index contributed by atoms with van der Waals surface area (Å²) in [4.78, 5) is 31.0. The van der Waals surface area contributed by atoms with Crippen LogP contribution in [0.1, 0.15) is 28.5 Å². The molecule has 47 heavy (non-hydrogen) atoms. The fourth-order valence-corrected chi connectivity index (χ4v) is 7.15. The lowest BCUT2D eigenvalue weighted by Crippen LogP contribution is -2.49. The van der Waals surface area contributed by atoms with Crippen LogP contribution in [-0.2, 0) is 6.42 Å². The van der Waals surface area contributed by atoms with Gasteiger partial charge >= 0.3 is 0 Å². The zero-order chi connectivity index (χ0) is 32.2. The Morgan fingerprint density at radius 3 is 2.40 bits per heavy atom. The van der Waals surface area contributed by atoms with Crippen LogP contribution in [0.3, 0.4) is 0 Å². The summed E-state index contributed by atoms with van der Waals surface area (Å²) in [7, 11) is 1.68. The van der Waals surface area contributed by atoms with E-state index in [0.717, 1.165) is 77.3 Å². The number of carbonyl (C=O) groups is 1. The molecule has 0 spiro atoms. The molecule has 1 amide bonds. The average Bonchev–Trinajstić information content (AvgIpc) is 3.60. The van der Waals surface area contributed by atoms with E-state index in [1.54, 1.807) is 30.8 Å². The summed E-state index contributed by atoms with van der Waals surface area (Å²) in [6.45, 7) is 11.5. The molecule has 244 valence electrons. The Balaban J connectivity index is 1.13. The van der Waals surface area contributed by atoms with Crippen molar-refractivity contribution in [3.05, 3.63) is 77.2 Å². The van der Waals surface area contributed by atoms with Crippen LogP contribution in [0.4, 0.5) is 5.82 Å². The maximum Gasteiger partial charge on any atom is 0.254 e. The molecule has 2 aromatic carbocycles. The van der Waals surface area contributed by atoms with E-state index in [1.165, 1.54) is 0 Å². The summed E-state index contributed by atoms with van der Waals surface area (Å²) in [5.74, 6) is 2.21. The molecule has 3 aromatic heterocycles. The number of rotatable bonds is 10. The van der Waals surface area contributed by atoms with Crippen molar-refractivity contribution in [1.82, 2.24) is 34.9 Å². The first-order valence-corrected chi connectivity index (χ1v) is 17.2. The van der Waals surface area contributed by atoms with Crippen LogP contribution < -0.4 is 14.4 Å². The molecular formula is C35H40N8O3S. The molecule has 11 nitrogen and oxygen atoms in total. The van der Waals surface area contributed by atoms with Crippen LogP contribution in [0.15, 0.2) is 60.4 Å². The first kappa shape index (κ1) is 31.2. The molecule has 2 saturated heterocycles. The molecule has 0 N–H and O–H groups in total. The zero-order valence-electron chi connectivity index (χ0n) is 27.0. The van der Waals surface area contributed by atoms with Crippen molar-refractivity contribution in [1.29, 1.82) is 0 Å². The number of hydrogen-bond donors (Lipinski definition) is 0. The van der Waals surface area contributed by atoms with E-state index in [0.29, 0.717) is 56.3 Å². The van der Waals surface area contributed by atoms with Crippen LogP contribution >= 0.6 is 11.3 Å². The fourth-order valence-electron chi connectivity index (χ4n) is 6.44. The summed E-state index contributed by atoms with van der Waals surface area (Å²) in [5, 5.41) is 11.5. The van der Waals surface area contributed by atoms with E-state index >= 15 is 0 Å². The molecule has 0 saturated carbocycles.